The van der Waals surface area contributed by atoms with Gasteiger partial charge < -0.3 is 10.1 Å². The number of nitrogens with one attached hydrogen (secondary N) is 1. The molecular formula is C15H16N2O. The number of anilines is 1. The van der Waals surface area contributed by atoms with E-state index in [1.54, 1.807) is 13.3 Å². The lowest BCUT2D eigenvalue weighted by Gasteiger charge is -2.03. The molecule has 0 radical (unpaired) electrons. The molecule has 0 spiro atoms. The Bertz CT molecular complexity index is 550. The van der Waals surface area contributed by atoms with Crippen molar-refractivity contribution in [2.24, 2.45) is 0 Å². The summed E-state index contributed by atoms with van der Waals surface area (Å²) in [6.07, 6.45) is 5.76. The summed E-state index contributed by atoms with van der Waals surface area (Å²) in [7, 11) is 3.54. The molecule has 0 aliphatic rings. The van der Waals surface area contributed by atoms with Crippen LogP contribution in [0.15, 0.2) is 42.6 Å². The molecule has 0 amide bonds. The summed E-state index contributed by atoms with van der Waals surface area (Å²) in [6, 6.07) is 12.1. The third kappa shape index (κ3) is 2.88. The maximum absolute atomic E-state index is 5.20. The van der Waals surface area contributed by atoms with E-state index in [9.17, 15) is 0 Å². The van der Waals surface area contributed by atoms with Gasteiger partial charge in [0, 0.05) is 24.5 Å². The number of nitrogens with zero attached hydrogens (tertiary/aromatic N) is 1. The van der Waals surface area contributed by atoms with Gasteiger partial charge in [0.1, 0.15) is 0 Å². The van der Waals surface area contributed by atoms with Crippen molar-refractivity contribution in [2.45, 2.75) is 0 Å². The number of methoxy groups -OCH3 is 1. The Kier molecular flexibility index (Phi) is 3.97. The molecule has 1 aromatic heterocycles. The zero-order valence-corrected chi connectivity index (χ0v) is 10.6. The van der Waals surface area contributed by atoms with E-state index in [0.29, 0.717) is 5.88 Å². The van der Waals surface area contributed by atoms with E-state index >= 15 is 0 Å². The Balaban J connectivity index is 2.24. The quantitative estimate of drug-likeness (QED) is 0.890. The highest BCUT2D eigenvalue weighted by molar-refractivity contribution is 5.73. The predicted molar refractivity (Wildman–Crippen MR) is 75.7 cm³/mol. The molecular weight excluding hydrogens is 224 g/mol. The van der Waals surface area contributed by atoms with Gasteiger partial charge in [0.2, 0.25) is 5.88 Å². The zero-order chi connectivity index (χ0) is 12.8. The van der Waals surface area contributed by atoms with Crippen molar-refractivity contribution in [2.75, 3.05) is 19.5 Å². The SMILES string of the molecule is CNc1cccc(/C=C/c2cccnc2OC)c1. The Morgan fingerprint density at radius 1 is 1.17 bits per heavy atom. The van der Waals surface area contributed by atoms with Crippen LogP contribution in [0.5, 0.6) is 5.88 Å². The first kappa shape index (κ1) is 12.2. The molecule has 0 fully saturated rings. The minimum atomic E-state index is 0.638. The lowest BCUT2D eigenvalue weighted by Crippen LogP contribution is -1.89. The average Bonchev–Trinajstić information content (AvgIpc) is 2.45. The van der Waals surface area contributed by atoms with E-state index in [4.69, 9.17) is 4.74 Å². The number of hydrogen-bond acceptors (Lipinski definition) is 3. The molecule has 3 heteroatoms. The lowest BCUT2D eigenvalue weighted by atomic mass is 10.1. The third-order valence-corrected chi connectivity index (χ3v) is 2.62. The number of pyridine rings is 1. The molecule has 0 atom stereocenters. The standard InChI is InChI=1S/C15H16N2O/c1-16-14-7-3-5-12(11-14)8-9-13-6-4-10-17-15(13)18-2/h3-11,16H,1-2H3/b9-8+. The van der Waals surface area contributed by atoms with Crippen molar-refractivity contribution in [3.63, 3.8) is 0 Å². The monoisotopic (exact) mass is 240 g/mol. The van der Waals surface area contributed by atoms with Gasteiger partial charge in [0.25, 0.3) is 0 Å². The van der Waals surface area contributed by atoms with Gasteiger partial charge in [-0.15, -0.1) is 0 Å². The number of rotatable bonds is 4. The minimum Gasteiger partial charge on any atom is -0.481 e. The highest BCUT2D eigenvalue weighted by Crippen LogP contribution is 2.18. The fourth-order valence-corrected chi connectivity index (χ4v) is 1.68. The van der Waals surface area contributed by atoms with Gasteiger partial charge in [0.15, 0.2) is 0 Å². The molecule has 0 saturated carbocycles. The number of ether oxygens (including phenoxy) is 1. The van der Waals surface area contributed by atoms with Crippen molar-refractivity contribution in [3.05, 3.63) is 53.7 Å². The molecule has 1 N–H and O–H groups in total. The highest BCUT2D eigenvalue weighted by Gasteiger charge is 1.98. The number of aromatic nitrogens is 1. The Morgan fingerprint density at radius 3 is 2.83 bits per heavy atom. The third-order valence-electron chi connectivity index (χ3n) is 2.62. The highest BCUT2D eigenvalue weighted by atomic mass is 16.5. The summed E-state index contributed by atoms with van der Waals surface area (Å²) in [5, 5.41) is 3.12. The van der Waals surface area contributed by atoms with Gasteiger partial charge in [-0.1, -0.05) is 18.2 Å². The maximum Gasteiger partial charge on any atom is 0.220 e. The summed E-state index contributed by atoms with van der Waals surface area (Å²) < 4.78 is 5.20. The van der Waals surface area contributed by atoms with E-state index in [-0.39, 0.29) is 0 Å². The van der Waals surface area contributed by atoms with E-state index in [2.05, 4.69) is 22.4 Å². The van der Waals surface area contributed by atoms with Gasteiger partial charge in [-0.3, -0.25) is 0 Å². The normalized spacial score (nSPS) is 10.6. The first-order chi connectivity index (χ1) is 8.83. The van der Waals surface area contributed by atoms with Crippen molar-refractivity contribution in [1.29, 1.82) is 0 Å². The van der Waals surface area contributed by atoms with Crippen LogP contribution in [-0.4, -0.2) is 19.1 Å². The molecule has 3 nitrogen and oxygen atoms in total. The van der Waals surface area contributed by atoms with Crippen molar-refractivity contribution in [1.82, 2.24) is 4.98 Å². The molecule has 0 bridgehead atoms. The van der Waals surface area contributed by atoms with Crippen LogP contribution in [0.4, 0.5) is 5.69 Å². The summed E-state index contributed by atoms with van der Waals surface area (Å²) >= 11 is 0. The fourth-order valence-electron chi connectivity index (χ4n) is 1.68. The second-order valence-corrected chi connectivity index (χ2v) is 3.81. The lowest BCUT2D eigenvalue weighted by molar-refractivity contribution is 0.397. The summed E-state index contributed by atoms with van der Waals surface area (Å²) in [5.74, 6) is 0.638. The molecule has 2 rings (SSSR count). The molecule has 2 aromatic rings. The molecule has 0 unspecified atom stereocenters. The molecule has 18 heavy (non-hydrogen) atoms. The van der Waals surface area contributed by atoms with Gasteiger partial charge in [-0.2, -0.15) is 0 Å². The largest absolute Gasteiger partial charge is 0.481 e. The van der Waals surface area contributed by atoms with Crippen molar-refractivity contribution < 1.29 is 4.74 Å². The maximum atomic E-state index is 5.20. The average molecular weight is 240 g/mol. The smallest absolute Gasteiger partial charge is 0.220 e. The molecule has 1 heterocycles. The van der Waals surface area contributed by atoms with Gasteiger partial charge >= 0.3 is 0 Å². The van der Waals surface area contributed by atoms with E-state index < -0.39 is 0 Å². The Morgan fingerprint density at radius 2 is 2.06 bits per heavy atom. The second-order valence-electron chi connectivity index (χ2n) is 3.81. The van der Waals surface area contributed by atoms with Crippen LogP contribution < -0.4 is 10.1 Å². The van der Waals surface area contributed by atoms with Crippen LogP contribution >= 0.6 is 0 Å². The number of hydrogen-bond donors (Lipinski definition) is 1. The van der Waals surface area contributed by atoms with Gasteiger partial charge in [0.05, 0.1) is 7.11 Å². The summed E-state index contributed by atoms with van der Waals surface area (Å²) in [6.45, 7) is 0. The van der Waals surface area contributed by atoms with E-state index in [1.807, 2.05) is 43.5 Å². The van der Waals surface area contributed by atoms with Crippen LogP contribution in [0, 0.1) is 0 Å². The fraction of sp³-hybridized carbons (Fsp3) is 0.133. The first-order valence-corrected chi connectivity index (χ1v) is 5.78. The van der Waals surface area contributed by atoms with Crippen molar-refractivity contribution >= 4 is 17.8 Å². The second kappa shape index (κ2) is 5.87. The minimum absolute atomic E-state index is 0.638. The molecule has 0 aliphatic heterocycles. The summed E-state index contributed by atoms with van der Waals surface area (Å²) in [4.78, 5) is 4.16. The van der Waals surface area contributed by atoms with E-state index in [0.717, 1.165) is 16.8 Å². The Labute approximate surface area is 107 Å². The zero-order valence-electron chi connectivity index (χ0n) is 10.6. The molecule has 0 aliphatic carbocycles. The van der Waals surface area contributed by atoms with Crippen LogP contribution in [0.1, 0.15) is 11.1 Å². The van der Waals surface area contributed by atoms with E-state index in [1.165, 1.54) is 0 Å². The Hall–Kier alpha value is -2.29. The van der Waals surface area contributed by atoms with Crippen LogP contribution in [0.3, 0.4) is 0 Å². The molecule has 92 valence electrons. The van der Waals surface area contributed by atoms with Gasteiger partial charge in [-0.05, 0) is 35.9 Å². The van der Waals surface area contributed by atoms with Gasteiger partial charge in [-0.25, -0.2) is 4.98 Å². The van der Waals surface area contributed by atoms with Crippen LogP contribution in [-0.2, 0) is 0 Å². The molecule has 0 saturated heterocycles. The van der Waals surface area contributed by atoms with Crippen LogP contribution in [0.2, 0.25) is 0 Å². The topological polar surface area (TPSA) is 34.2 Å². The van der Waals surface area contributed by atoms with Crippen molar-refractivity contribution in [3.8, 4) is 5.88 Å². The predicted octanol–water partition coefficient (Wildman–Crippen LogP) is 3.30. The molecule has 1 aromatic carbocycles. The first-order valence-electron chi connectivity index (χ1n) is 5.78. The van der Waals surface area contributed by atoms with Crippen LogP contribution in [0.25, 0.3) is 12.2 Å². The summed E-state index contributed by atoms with van der Waals surface area (Å²) in [5.41, 5.74) is 3.19. The number of benzene rings is 1.